The number of fused-ring (bicyclic) bond motifs is 2. The Hall–Kier alpha value is -3.43. The zero-order valence-corrected chi connectivity index (χ0v) is 21.8. The van der Waals surface area contributed by atoms with E-state index in [0.29, 0.717) is 29.5 Å². The number of aliphatic hydroxyl groups excluding tert-OH is 3. The predicted octanol–water partition coefficient (Wildman–Crippen LogP) is 4.04. The van der Waals surface area contributed by atoms with Gasteiger partial charge in [0.25, 0.3) is 5.91 Å². The second-order valence-corrected chi connectivity index (χ2v) is 9.76. The van der Waals surface area contributed by atoms with Crippen LogP contribution in [-0.2, 0) is 6.54 Å². The van der Waals surface area contributed by atoms with Crippen LogP contribution in [0.4, 0.5) is 0 Å². The summed E-state index contributed by atoms with van der Waals surface area (Å²) in [4.78, 5) is 25.4. The maximum Gasteiger partial charge on any atom is 0.252 e. The molecule has 1 unspecified atom stereocenters. The van der Waals surface area contributed by atoms with Gasteiger partial charge in [-0.25, -0.2) is 0 Å². The molecule has 0 aliphatic heterocycles. The van der Waals surface area contributed by atoms with Crippen molar-refractivity contribution in [2.75, 3.05) is 20.3 Å². The van der Waals surface area contributed by atoms with Crippen LogP contribution >= 0.6 is 11.6 Å². The first-order chi connectivity index (χ1) is 18.3. The zero-order valence-electron chi connectivity index (χ0n) is 21.1. The average Bonchev–Trinajstić information content (AvgIpc) is 3.72. The highest BCUT2D eigenvalue weighted by molar-refractivity contribution is 6.31. The van der Waals surface area contributed by atoms with E-state index in [1.54, 1.807) is 30.5 Å². The summed E-state index contributed by atoms with van der Waals surface area (Å²) in [6.45, 7) is -0.131. The van der Waals surface area contributed by atoms with Gasteiger partial charge in [-0.05, 0) is 71.8 Å². The maximum absolute atomic E-state index is 13.3. The molecule has 0 spiro atoms. The van der Waals surface area contributed by atoms with E-state index in [1.165, 1.54) is 5.56 Å². The van der Waals surface area contributed by atoms with Crippen molar-refractivity contribution in [2.24, 2.45) is 5.73 Å². The van der Waals surface area contributed by atoms with Crippen molar-refractivity contribution in [3.8, 4) is 5.75 Å². The van der Waals surface area contributed by atoms with Crippen LogP contribution in [0.15, 0.2) is 54.7 Å². The molecule has 1 aliphatic carbocycles. The van der Waals surface area contributed by atoms with E-state index in [1.807, 2.05) is 16.7 Å². The number of aliphatic hydroxyl groups is 3. The fourth-order valence-corrected chi connectivity index (χ4v) is 4.73. The SMILES string of the molecule is CO.NC(=O)c1cc2cc(Cl)ccc2cc1OCC(=O)c1cn(CCC(O)CO)c2cc(C3CC3)ccc12. The number of hydrogen-bond acceptors (Lipinski definition) is 6. The van der Waals surface area contributed by atoms with Gasteiger partial charge in [-0.15, -0.1) is 0 Å². The highest BCUT2D eigenvalue weighted by Gasteiger charge is 2.25. The molecule has 1 aliphatic rings. The number of primary amides is 1. The molecule has 1 atom stereocenters. The van der Waals surface area contributed by atoms with Gasteiger partial charge in [0.1, 0.15) is 5.75 Å². The molecule has 0 saturated heterocycles. The van der Waals surface area contributed by atoms with E-state index in [0.717, 1.165) is 41.6 Å². The van der Waals surface area contributed by atoms with Crippen molar-refractivity contribution in [1.29, 1.82) is 0 Å². The molecule has 4 aromatic rings. The number of hydrogen-bond donors (Lipinski definition) is 4. The van der Waals surface area contributed by atoms with E-state index >= 15 is 0 Å². The molecule has 1 fully saturated rings. The van der Waals surface area contributed by atoms with Gasteiger partial charge >= 0.3 is 0 Å². The van der Waals surface area contributed by atoms with Crippen LogP contribution in [0.3, 0.4) is 0 Å². The fourth-order valence-electron chi connectivity index (χ4n) is 4.55. The van der Waals surface area contributed by atoms with Gasteiger partial charge in [-0.2, -0.15) is 0 Å². The van der Waals surface area contributed by atoms with Crippen molar-refractivity contribution in [1.82, 2.24) is 4.57 Å². The third-order valence-corrected chi connectivity index (χ3v) is 6.93. The predicted molar refractivity (Wildman–Crippen MR) is 147 cm³/mol. The van der Waals surface area contributed by atoms with Gasteiger partial charge in [0.2, 0.25) is 5.78 Å². The summed E-state index contributed by atoms with van der Waals surface area (Å²) in [6.07, 6.45) is 3.63. The van der Waals surface area contributed by atoms with Gasteiger partial charge in [-0.3, -0.25) is 9.59 Å². The maximum atomic E-state index is 13.3. The smallest absolute Gasteiger partial charge is 0.252 e. The molecule has 0 radical (unpaired) electrons. The van der Waals surface area contributed by atoms with Gasteiger partial charge in [0.15, 0.2) is 6.61 Å². The van der Waals surface area contributed by atoms with Crippen LogP contribution in [0.5, 0.6) is 5.75 Å². The Morgan fingerprint density at radius 1 is 1.08 bits per heavy atom. The third-order valence-electron chi connectivity index (χ3n) is 6.69. The van der Waals surface area contributed by atoms with Crippen molar-refractivity contribution < 1.29 is 29.6 Å². The number of carbonyl (C=O) groups is 2. The Kier molecular flexibility index (Phi) is 8.69. The topological polar surface area (TPSA) is 135 Å². The molecule has 1 heterocycles. The number of Topliss-reactive ketones (excluding diaryl/α,β-unsaturated/α-hetero) is 1. The number of rotatable bonds is 10. The number of ketones is 1. The van der Waals surface area contributed by atoms with Crippen LogP contribution in [0, 0.1) is 0 Å². The summed E-state index contributed by atoms with van der Waals surface area (Å²) in [5.74, 6) is -0.118. The molecule has 1 amide bonds. The monoisotopic (exact) mass is 538 g/mol. The molecular formula is C29H31ClN2O6. The first kappa shape index (κ1) is 27.6. The fraction of sp³-hybridized carbons (Fsp3) is 0.310. The number of benzene rings is 3. The number of nitrogens with two attached hydrogens (primary N) is 1. The van der Waals surface area contributed by atoms with Gasteiger partial charge in [0, 0.05) is 41.3 Å². The summed E-state index contributed by atoms with van der Waals surface area (Å²) in [5.41, 5.74) is 8.39. The van der Waals surface area contributed by atoms with E-state index in [-0.39, 0.29) is 30.3 Å². The summed E-state index contributed by atoms with van der Waals surface area (Å²) in [5, 5.41) is 28.9. The second kappa shape index (κ2) is 12.0. The van der Waals surface area contributed by atoms with E-state index in [2.05, 4.69) is 12.1 Å². The highest BCUT2D eigenvalue weighted by atomic mass is 35.5. The number of nitrogens with zero attached hydrogens (tertiary/aromatic N) is 1. The first-order valence-corrected chi connectivity index (χ1v) is 12.8. The molecule has 1 saturated carbocycles. The molecule has 200 valence electrons. The molecular weight excluding hydrogens is 508 g/mol. The minimum Gasteiger partial charge on any atom is -0.485 e. The molecule has 3 aromatic carbocycles. The van der Waals surface area contributed by atoms with Crippen LogP contribution < -0.4 is 10.5 Å². The van der Waals surface area contributed by atoms with Crippen molar-refractivity contribution >= 4 is 45.0 Å². The Balaban J connectivity index is 0.00000164. The minimum atomic E-state index is -0.827. The summed E-state index contributed by atoms with van der Waals surface area (Å²) < 4.78 is 7.78. The largest absolute Gasteiger partial charge is 0.485 e. The van der Waals surface area contributed by atoms with E-state index in [4.69, 9.17) is 27.2 Å². The lowest BCUT2D eigenvalue weighted by molar-refractivity contribution is 0.0849. The standard InChI is InChI=1S/C28H27ClN2O5.CH4O/c29-20-5-3-18-12-27(23(28(30)35)10-19(18)9-20)36-15-26(34)24-13-31(8-7-21(33)14-32)25-11-17(16-1-2-16)4-6-22(24)25;1-2/h3-6,9-13,16,21,32-33H,1-2,7-8,14-15H2,(H2,30,35);2H,1H3. The van der Waals surface area contributed by atoms with Gasteiger partial charge in [-0.1, -0.05) is 29.8 Å². The van der Waals surface area contributed by atoms with Gasteiger partial charge in [0.05, 0.1) is 18.3 Å². The number of aromatic nitrogens is 1. The number of halogens is 1. The number of amides is 1. The molecule has 9 heteroatoms. The van der Waals surface area contributed by atoms with E-state index < -0.39 is 12.0 Å². The average molecular weight is 539 g/mol. The molecule has 8 nitrogen and oxygen atoms in total. The summed E-state index contributed by atoms with van der Waals surface area (Å²) >= 11 is 6.07. The quantitative estimate of drug-likeness (QED) is 0.225. The lowest BCUT2D eigenvalue weighted by Crippen LogP contribution is -2.17. The van der Waals surface area contributed by atoms with Gasteiger partial charge < -0.3 is 30.4 Å². The first-order valence-electron chi connectivity index (χ1n) is 12.4. The lowest BCUT2D eigenvalue weighted by Gasteiger charge is -2.11. The van der Waals surface area contributed by atoms with Crippen LogP contribution in [0.2, 0.25) is 5.02 Å². The Morgan fingerprint density at radius 3 is 2.53 bits per heavy atom. The van der Waals surface area contributed by atoms with Crippen molar-refractivity contribution in [3.05, 3.63) is 76.4 Å². The van der Waals surface area contributed by atoms with Crippen LogP contribution in [-0.4, -0.2) is 58.0 Å². The Morgan fingerprint density at radius 2 is 1.84 bits per heavy atom. The number of aryl methyl sites for hydroxylation is 1. The Labute approximate surface area is 225 Å². The molecule has 0 bridgehead atoms. The second-order valence-electron chi connectivity index (χ2n) is 9.33. The molecule has 38 heavy (non-hydrogen) atoms. The number of carbonyl (C=O) groups excluding carboxylic acids is 2. The van der Waals surface area contributed by atoms with E-state index in [9.17, 15) is 19.8 Å². The molecule has 5 N–H and O–H groups in total. The minimum absolute atomic E-state index is 0.173. The van der Waals surface area contributed by atoms with Crippen LogP contribution in [0.1, 0.15) is 51.5 Å². The summed E-state index contributed by atoms with van der Waals surface area (Å²) in [7, 11) is 1.00. The highest BCUT2D eigenvalue weighted by Crippen LogP contribution is 2.41. The zero-order chi connectivity index (χ0) is 27.4. The third kappa shape index (κ3) is 6.00. The Bertz CT molecular complexity index is 1480. The summed E-state index contributed by atoms with van der Waals surface area (Å²) in [6, 6.07) is 14.7. The van der Waals surface area contributed by atoms with Crippen molar-refractivity contribution in [3.63, 3.8) is 0 Å². The normalized spacial score (nSPS) is 13.7. The lowest BCUT2D eigenvalue weighted by atomic mass is 10.0. The number of ether oxygens (including phenoxy) is 1. The molecule has 5 rings (SSSR count). The molecule has 1 aromatic heterocycles. The van der Waals surface area contributed by atoms with Crippen LogP contribution in [0.25, 0.3) is 21.7 Å². The van der Waals surface area contributed by atoms with Crippen molar-refractivity contribution in [2.45, 2.75) is 37.8 Å².